The van der Waals surface area contributed by atoms with Crippen molar-refractivity contribution in [2.24, 2.45) is 0 Å². The van der Waals surface area contributed by atoms with Crippen LogP contribution in [0.2, 0.25) is 0 Å². The van der Waals surface area contributed by atoms with E-state index < -0.39 is 0 Å². The lowest BCUT2D eigenvalue weighted by Crippen LogP contribution is -2.00. The molecule has 0 saturated heterocycles. The Morgan fingerprint density at radius 1 is 0.191 bits per heavy atom. The molecule has 13 heteroatoms. The molecule has 440 valence electrons. The molecule has 0 saturated carbocycles. The predicted molar refractivity (Wildman–Crippen MR) is 384 cm³/mol. The molecule has 12 aromatic carbocycles. The molecular formula is C81H49N11S2. The molecule has 0 N–H and O–H groups in total. The molecule has 0 amide bonds. The molecule has 0 aliphatic carbocycles. The maximum atomic E-state index is 5.16. The molecule has 0 aliphatic rings. The Morgan fingerprint density at radius 2 is 0.489 bits per heavy atom. The molecule has 0 bridgehead atoms. The van der Waals surface area contributed by atoms with Crippen LogP contribution in [0.1, 0.15) is 0 Å². The molecule has 0 spiro atoms. The van der Waals surface area contributed by atoms with Gasteiger partial charge in [-0.2, -0.15) is 17.5 Å². The zero-order valence-corrected chi connectivity index (χ0v) is 51.7. The van der Waals surface area contributed by atoms with Crippen LogP contribution in [0.15, 0.2) is 297 Å². The van der Waals surface area contributed by atoms with Gasteiger partial charge in [0.15, 0.2) is 23.3 Å². The van der Waals surface area contributed by atoms with E-state index in [0.717, 1.165) is 155 Å². The highest BCUT2D eigenvalue weighted by molar-refractivity contribution is 7.00. The Balaban J connectivity index is 0.000000143. The zero-order valence-electron chi connectivity index (χ0n) is 50.0. The second-order valence-corrected chi connectivity index (χ2v) is 23.8. The molecule has 11 nitrogen and oxygen atoms in total. The second-order valence-electron chi connectivity index (χ2n) is 22.7. The predicted octanol–water partition coefficient (Wildman–Crippen LogP) is 20.4. The molecule has 18 rings (SSSR count). The van der Waals surface area contributed by atoms with E-state index in [9.17, 15) is 0 Å². The van der Waals surface area contributed by atoms with Gasteiger partial charge >= 0.3 is 0 Å². The summed E-state index contributed by atoms with van der Waals surface area (Å²) in [7, 11) is 0. The largest absolute Gasteiger partial charge is 0.247 e. The number of hydrogen-bond donors (Lipinski definition) is 0. The van der Waals surface area contributed by atoms with Crippen molar-refractivity contribution in [3.63, 3.8) is 0 Å². The van der Waals surface area contributed by atoms with E-state index in [1.807, 2.05) is 146 Å². The van der Waals surface area contributed by atoms with E-state index in [4.69, 9.17) is 43.6 Å². The van der Waals surface area contributed by atoms with Crippen molar-refractivity contribution < 1.29 is 0 Å². The fourth-order valence-corrected chi connectivity index (χ4v) is 13.4. The van der Waals surface area contributed by atoms with Crippen LogP contribution >= 0.6 is 23.5 Å². The zero-order chi connectivity index (χ0) is 62.3. The van der Waals surface area contributed by atoms with Gasteiger partial charge in [-0.05, 0) is 76.9 Å². The summed E-state index contributed by atoms with van der Waals surface area (Å²) in [5.41, 5.74) is 21.6. The van der Waals surface area contributed by atoms with Crippen LogP contribution < -0.4 is 0 Å². The van der Waals surface area contributed by atoms with E-state index in [0.29, 0.717) is 23.3 Å². The van der Waals surface area contributed by atoms with Crippen molar-refractivity contribution in [3.8, 4) is 113 Å². The van der Waals surface area contributed by atoms with Crippen LogP contribution in [0.3, 0.4) is 0 Å². The second kappa shape index (κ2) is 24.2. The van der Waals surface area contributed by atoms with E-state index in [1.165, 1.54) is 23.5 Å². The van der Waals surface area contributed by atoms with E-state index in [2.05, 4.69) is 160 Å². The first kappa shape index (κ1) is 55.8. The van der Waals surface area contributed by atoms with Crippen molar-refractivity contribution in [3.05, 3.63) is 297 Å². The van der Waals surface area contributed by atoms with Gasteiger partial charge in [-0.1, -0.05) is 243 Å². The molecule has 6 heterocycles. The topological polar surface area (TPSA) is 142 Å². The van der Waals surface area contributed by atoms with Crippen LogP contribution in [-0.4, -0.2) is 52.4 Å². The summed E-state index contributed by atoms with van der Waals surface area (Å²) in [5, 5.41) is 6.41. The first-order valence-corrected chi connectivity index (χ1v) is 32.2. The average Bonchev–Trinajstić information content (AvgIpc) is 1.24. The highest BCUT2D eigenvalue weighted by Gasteiger charge is 2.20. The van der Waals surface area contributed by atoms with E-state index in [-0.39, 0.29) is 0 Å². The summed E-state index contributed by atoms with van der Waals surface area (Å²) in [4.78, 5) is 34.9. The van der Waals surface area contributed by atoms with Crippen LogP contribution in [0.4, 0.5) is 0 Å². The van der Waals surface area contributed by atoms with Crippen LogP contribution in [0.5, 0.6) is 0 Å². The molecule has 0 aliphatic heterocycles. The Kier molecular flexibility index (Phi) is 14.3. The van der Waals surface area contributed by atoms with Crippen molar-refractivity contribution in [1.29, 1.82) is 0 Å². The molecule has 6 aromatic heterocycles. The lowest BCUT2D eigenvalue weighted by Gasteiger charge is -2.12. The van der Waals surface area contributed by atoms with Crippen molar-refractivity contribution in [2.45, 2.75) is 0 Å². The number of benzene rings is 12. The van der Waals surface area contributed by atoms with Gasteiger partial charge in [0, 0.05) is 76.8 Å². The molecule has 18 aromatic rings. The first-order valence-electron chi connectivity index (χ1n) is 30.7. The first-order chi connectivity index (χ1) is 46.6. The molecule has 0 unspecified atom stereocenters. The maximum absolute atomic E-state index is 5.16. The SMILES string of the molecule is c1ccc(-c2cc(-c3ccc(-c4ccc5nc(-c6ccccc6)c6ccc7nsnc7c6c5c4)cc3)nc(-c3ccccc3)n2)cc1.c1ccc(-c2nc(-c3ccccc3)nc(-c3ccc(-c4ccc5nc(-c6ccccc6)c6ccc7nsnc7c6c5c4)cc3)n2)cc1. The van der Waals surface area contributed by atoms with Gasteiger partial charge in [0.25, 0.3) is 0 Å². The molecule has 0 fully saturated rings. The fourth-order valence-electron chi connectivity index (χ4n) is 12.3. The third kappa shape index (κ3) is 10.6. The third-order valence-electron chi connectivity index (χ3n) is 17.0. The quantitative estimate of drug-likeness (QED) is 0.121. The maximum Gasteiger partial charge on any atom is 0.164 e. The van der Waals surface area contributed by atoms with Crippen LogP contribution in [0, 0.1) is 0 Å². The lowest BCUT2D eigenvalue weighted by atomic mass is 9.95. The summed E-state index contributed by atoms with van der Waals surface area (Å²) in [6.07, 6.45) is 0. The number of fused-ring (bicyclic) bond motifs is 10. The number of aromatic nitrogens is 11. The van der Waals surface area contributed by atoms with Gasteiger partial charge in [0.05, 0.1) is 57.3 Å². The highest BCUT2D eigenvalue weighted by atomic mass is 32.1. The van der Waals surface area contributed by atoms with Crippen molar-refractivity contribution in [2.75, 3.05) is 0 Å². The average molecular weight is 1240 g/mol. The smallest absolute Gasteiger partial charge is 0.164 e. The Bertz CT molecular complexity index is 5350. The Hall–Kier alpha value is -12.3. The number of nitrogens with zero attached hydrogens (tertiary/aromatic N) is 11. The van der Waals surface area contributed by atoms with Gasteiger partial charge in [-0.15, -0.1) is 0 Å². The van der Waals surface area contributed by atoms with Gasteiger partial charge < -0.3 is 0 Å². The minimum atomic E-state index is 0.629. The minimum Gasteiger partial charge on any atom is -0.247 e. The summed E-state index contributed by atoms with van der Waals surface area (Å²) in [5.74, 6) is 2.62. The van der Waals surface area contributed by atoms with E-state index >= 15 is 0 Å². The van der Waals surface area contributed by atoms with Gasteiger partial charge in [-0.25, -0.2) is 34.9 Å². The Morgan fingerprint density at radius 3 is 0.883 bits per heavy atom. The molecular weight excluding hydrogens is 1190 g/mol. The third-order valence-corrected chi connectivity index (χ3v) is 18.1. The van der Waals surface area contributed by atoms with Gasteiger partial charge in [-0.3, -0.25) is 0 Å². The number of rotatable bonds is 10. The van der Waals surface area contributed by atoms with Crippen LogP contribution in [0.25, 0.3) is 178 Å². The summed E-state index contributed by atoms with van der Waals surface area (Å²) in [6.45, 7) is 0. The Labute approximate surface area is 547 Å². The van der Waals surface area contributed by atoms with Crippen molar-refractivity contribution in [1.82, 2.24) is 52.4 Å². The monoisotopic (exact) mass is 1240 g/mol. The molecule has 0 radical (unpaired) electrons. The summed E-state index contributed by atoms with van der Waals surface area (Å²) >= 11 is 2.49. The standard InChI is InChI=1S/C41H25N5S.C40H24N6S/c1-4-10-27(11-5-1)36-25-37(44-41(43-36)30-14-8-3-9-15-30)28-18-16-26(17-19-28)31-20-22-34-33(24-31)38-32(21-23-35-40(38)46-47-45-35)39(42-34)29-12-6-2-7-13-29;1-4-10-26(11-5-1)36-31-21-23-34-37(46-47-45-34)35(31)32-24-30(20-22-33(32)41-36)25-16-18-29(19-17-25)40-43-38(27-12-6-2-7-13-27)42-39(44-40)28-14-8-3-9-15-28/h1-25H;1-24H. The normalized spacial score (nSPS) is 11.4. The van der Waals surface area contributed by atoms with Gasteiger partial charge in [0.2, 0.25) is 0 Å². The molecule has 94 heavy (non-hydrogen) atoms. The van der Waals surface area contributed by atoms with Gasteiger partial charge in [0.1, 0.15) is 22.1 Å². The lowest BCUT2D eigenvalue weighted by molar-refractivity contribution is 1.07. The fraction of sp³-hybridized carbons (Fsp3) is 0. The minimum absolute atomic E-state index is 0.629. The van der Waals surface area contributed by atoms with E-state index in [1.54, 1.807) is 0 Å². The number of hydrogen-bond acceptors (Lipinski definition) is 13. The molecule has 0 atom stereocenters. The highest BCUT2D eigenvalue weighted by Crippen LogP contribution is 2.41. The summed E-state index contributed by atoms with van der Waals surface area (Å²) in [6, 6.07) is 102. The van der Waals surface area contributed by atoms with Crippen LogP contribution in [-0.2, 0) is 0 Å². The number of pyridine rings is 2. The summed E-state index contributed by atoms with van der Waals surface area (Å²) < 4.78 is 18.5. The van der Waals surface area contributed by atoms with Crippen molar-refractivity contribution >= 4 is 88.9 Å².